The first-order valence-corrected chi connectivity index (χ1v) is 6.49. The predicted molar refractivity (Wildman–Crippen MR) is 60.5 cm³/mol. The average Bonchev–Trinajstić information content (AvgIpc) is 2.75. The van der Waals surface area contributed by atoms with Gasteiger partial charge in [0.2, 0.25) is 0 Å². The molecule has 4 unspecified atom stereocenters. The lowest BCUT2D eigenvalue weighted by atomic mass is 10.0. The Hall–Kier alpha value is -0.290. The maximum absolute atomic E-state index is 13.1. The fourth-order valence-electron chi connectivity index (χ4n) is 3.44. The average molecular weight is 250 g/mol. The largest absolute Gasteiger partial charge is 0.405 e. The number of alkyl halides is 3. The molecule has 2 aliphatic rings. The van der Waals surface area contributed by atoms with E-state index < -0.39 is 18.3 Å². The van der Waals surface area contributed by atoms with Crippen LogP contribution in [0.25, 0.3) is 0 Å². The van der Waals surface area contributed by atoms with Crippen LogP contribution in [0.4, 0.5) is 13.2 Å². The molecular formula is C12H21F3N2. The Morgan fingerprint density at radius 1 is 1.24 bits per heavy atom. The molecule has 0 spiro atoms. The Morgan fingerprint density at radius 3 is 2.18 bits per heavy atom. The second-order valence-electron chi connectivity index (χ2n) is 5.46. The van der Waals surface area contributed by atoms with E-state index in [9.17, 15) is 13.2 Å². The third-order valence-electron chi connectivity index (χ3n) is 4.36. The number of rotatable bonds is 3. The quantitative estimate of drug-likeness (QED) is 0.833. The van der Waals surface area contributed by atoms with E-state index in [-0.39, 0.29) is 0 Å². The van der Waals surface area contributed by atoms with Crippen LogP contribution >= 0.6 is 0 Å². The zero-order valence-electron chi connectivity index (χ0n) is 10.2. The van der Waals surface area contributed by atoms with Gasteiger partial charge in [-0.3, -0.25) is 4.90 Å². The maximum atomic E-state index is 13.1. The molecule has 0 bridgehead atoms. The maximum Gasteiger partial charge on any atom is 0.405 e. The summed E-state index contributed by atoms with van der Waals surface area (Å²) in [6, 6.07) is -2.24. The number of halogens is 3. The molecule has 17 heavy (non-hydrogen) atoms. The second kappa shape index (κ2) is 4.76. The van der Waals surface area contributed by atoms with Crippen LogP contribution in [-0.2, 0) is 0 Å². The summed E-state index contributed by atoms with van der Waals surface area (Å²) < 4.78 is 39.2. The van der Waals surface area contributed by atoms with Crippen molar-refractivity contribution in [2.75, 3.05) is 13.1 Å². The van der Waals surface area contributed by atoms with Crippen LogP contribution in [0.1, 0.15) is 32.6 Å². The van der Waals surface area contributed by atoms with Gasteiger partial charge >= 0.3 is 6.18 Å². The lowest BCUT2D eigenvalue weighted by Gasteiger charge is -2.34. The van der Waals surface area contributed by atoms with Gasteiger partial charge in [0.25, 0.3) is 0 Å². The molecule has 2 fully saturated rings. The summed E-state index contributed by atoms with van der Waals surface area (Å²) >= 11 is 0. The number of hydrogen-bond acceptors (Lipinski definition) is 2. The van der Waals surface area contributed by atoms with Crippen molar-refractivity contribution in [2.45, 2.75) is 50.9 Å². The number of nitrogens with two attached hydrogens (primary N) is 1. The Balaban J connectivity index is 2.07. The Bertz CT molecular complexity index is 255. The summed E-state index contributed by atoms with van der Waals surface area (Å²) in [5, 5.41) is 0. The van der Waals surface area contributed by atoms with Crippen molar-refractivity contribution in [2.24, 2.45) is 17.6 Å². The molecule has 0 radical (unpaired) electrons. The molecule has 0 aromatic heterocycles. The van der Waals surface area contributed by atoms with Crippen LogP contribution in [0.2, 0.25) is 0 Å². The number of likely N-dealkylation sites (tertiary alicyclic amines) is 1. The first-order chi connectivity index (χ1) is 7.93. The highest BCUT2D eigenvalue weighted by Crippen LogP contribution is 2.41. The van der Waals surface area contributed by atoms with Crippen LogP contribution in [0, 0.1) is 11.8 Å². The van der Waals surface area contributed by atoms with Gasteiger partial charge in [-0.25, -0.2) is 0 Å². The molecule has 5 heteroatoms. The van der Waals surface area contributed by atoms with Crippen molar-refractivity contribution in [3.8, 4) is 0 Å². The van der Waals surface area contributed by atoms with Gasteiger partial charge in [-0.2, -0.15) is 13.2 Å². The molecule has 1 saturated heterocycles. The molecule has 1 aliphatic carbocycles. The van der Waals surface area contributed by atoms with E-state index in [0.29, 0.717) is 31.3 Å². The van der Waals surface area contributed by atoms with Gasteiger partial charge in [0.05, 0.1) is 0 Å². The highest BCUT2D eigenvalue weighted by Gasteiger charge is 2.50. The molecule has 1 heterocycles. The van der Waals surface area contributed by atoms with Crippen molar-refractivity contribution in [1.82, 2.24) is 4.90 Å². The summed E-state index contributed by atoms with van der Waals surface area (Å²) in [4.78, 5) is 1.59. The molecule has 100 valence electrons. The predicted octanol–water partition coefficient (Wildman–Crippen LogP) is 2.39. The fraction of sp³-hybridized carbons (Fsp3) is 1.00. The van der Waals surface area contributed by atoms with Gasteiger partial charge in [-0.15, -0.1) is 0 Å². The Morgan fingerprint density at radius 2 is 1.76 bits per heavy atom. The van der Waals surface area contributed by atoms with E-state index in [4.69, 9.17) is 5.73 Å². The number of hydrogen-bond donors (Lipinski definition) is 1. The smallest absolute Gasteiger partial charge is 0.326 e. The molecular weight excluding hydrogens is 229 g/mol. The lowest BCUT2D eigenvalue weighted by Crippen LogP contribution is -2.55. The number of fused-ring (bicyclic) bond motifs is 1. The number of nitrogens with zero attached hydrogens (tertiary/aromatic N) is 1. The summed E-state index contributed by atoms with van der Waals surface area (Å²) in [5.41, 5.74) is 5.67. The minimum Gasteiger partial charge on any atom is -0.326 e. The minimum absolute atomic E-state index is 0.371. The van der Waals surface area contributed by atoms with Gasteiger partial charge < -0.3 is 5.73 Å². The molecule has 1 aliphatic heterocycles. The second-order valence-corrected chi connectivity index (χ2v) is 5.46. The van der Waals surface area contributed by atoms with Crippen LogP contribution in [0.15, 0.2) is 0 Å². The van der Waals surface area contributed by atoms with Crippen molar-refractivity contribution in [1.29, 1.82) is 0 Å². The monoisotopic (exact) mass is 250 g/mol. The van der Waals surface area contributed by atoms with Crippen LogP contribution in [0.5, 0.6) is 0 Å². The molecule has 2 nitrogen and oxygen atoms in total. The Kier molecular flexibility index (Phi) is 3.69. The third kappa shape index (κ3) is 2.60. The van der Waals surface area contributed by atoms with E-state index in [1.807, 2.05) is 0 Å². The molecule has 0 amide bonds. The molecule has 1 saturated carbocycles. The SMILES string of the molecule is CCC(N)C(N1CC2CCCC2C1)C(F)(F)F. The first kappa shape index (κ1) is 13.1. The molecule has 2 rings (SSSR count). The van der Waals surface area contributed by atoms with Crippen molar-refractivity contribution in [3.05, 3.63) is 0 Å². The first-order valence-electron chi connectivity index (χ1n) is 6.49. The van der Waals surface area contributed by atoms with Gasteiger partial charge in [0.1, 0.15) is 6.04 Å². The van der Waals surface area contributed by atoms with E-state index in [1.54, 1.807) is 11.8 Å². The molecule has 0 aromatic carbocycles. The lowest BCUT2D eigenvalue weighted by molar-refractivity contribution is -0.187. The van der Waals surface area contributed by atoms with Crippen LogP contribution in [0.3, 0.4) is 0 Å². The molecule has 0 aromatic rings. The zero-order valence-corrected chi connectivity index (χ0v) is 10.2. The van der Waals surface area contributed by atoms with Gasteiger partial charge in [0.15, 0.2) is 0 Å². The standard InChI is InChI=1S/C12H21F3N2/c1-2-10(16)11(12(13,14)15)17-6-8-4-3-5-9(8)7-17/h8-11H,2-7,16H2,1H3. The van der Waals surface area contributed by atoms with Crippen molar-refractivity contribution >= 4 is 0 Å². The van der Waals surface area contributed by atoms with Gasteiger partial charge in [-0.1, -0.05) is 13.3 Å². The van der Waals surface area contributed by atoms with Gasteiger partial charge in [-0.05, 0) is 31.1 Å². The topological polar surface area (TPSA) is 29.3 Å². The van der Waals surface area contributed by atoms with Crippen molar-refractivity contribution < 1.29 is 13.2 Å². The molecule has 2 N–H and O–H groups in total. The third-order valence-corrected chi connectivity index (χ3v) is 4.36. The normalized spacial score (nSPS) is 33.7. The highest BCUT2D eigenvalue weighted by molar-refractivity contribution is 4.96. The summed E-state index contributed by atoms with van der Waals surface area (Å²) in [7, 11) is 0. The van der Waals surface area contributed by atoms with E-state index in [2.05, 4.69) is 0 Å². The van der Waals surface area contributed by atoms with E-state index in [0.717, 1.165) is 12.8 Å². The molecule has 4 atom stereocenters. The minimum atomic E-state index is -4.20. The van der Waals surface area contributed by atoms with Gasteiger partial charge in [0, 0.05) is 19.1 Å². The summed E-state index contributed by atoms with van der Waals surface area (Å²) in [6.45, 7) is 2.89. The summed E-state index contributed by atoms with van der Waals surface area (Å²) in [5.74, 6) is 0.952. The van der Waals surface area contributed by atoms with E-state index in [1.165, 1.54) is 6.42 Å². The zero-order chi connectivity index (χ0) is 12.6. The van der Waals surface area contributed by atoms with Crippen LogP contribution < -0.4 is 5.73 Å². The van der Waals surface area contributed by atoms with Crippen molar-refractivity contribution in [3.63, 3.8) is 0 Å². The van der Waals surface area contributed by atoms with Crippen LogP contribution in [-0.4, -0.2) is 36.2 Å². The highest BCUT2D eigenvalue weighted by atomic mass is 19.4. The summed E-state index contributed by atoms with van der Waals surface area (Å²) in [6.07, 6.45) is -0.468. The van der Waals surface area contributed by atoms with E-state index >= 15 is 0 Å². The Labute approximate surface area is 100 Å². The fourth-order valence-corrected chi connectivity index (χ4v) is 3.44.